The minimum absolute atomic E-state index is 0.00406. The van der Waals surface area contributed by atoms with Gasteiger partial charge in [0.15, 0.2) is 0 Å². The lowest BCUT2D eigenvalue weighted by atomic mass is 10.0. The standard InChI is InChI=1S/C22H29N3O4S/c1-16(2)13-17-7-9-19(10-8-17)30(28,29)24-18-14-20(22(26)27)21(23-15-18)25-11-5-3-4-6-12-25/h7-10,14-16,24H,3-6,11-13H2,1-2H3,(H,26,27). The number of sulfonamides is 1. The molecule has 0 saturated carbocycles. The average molecular weight is 432 g/mol. The maximum atomic E-state index is 12.8. The predicted octanol–water partition coefficient (Wildman–Crippen LogP) is 4.16. The zero-order valence-electron chi connectivity index (χ0n) is 17.5. The van der Waals surface area contributed by atoms with Gasteiger partial charge in [-0.05, 0) is 48.9 Å². The Kier molecular flexibility index (Phi) is 6.97. The minimum Gasteiger partial charge on any atom is -0.478 e. The number of rotatable bonds is 7. The van der Waals surface area contributed by atoms with Crippen molar-refractivity contribution in [2.75, 3.05) is 22.7 Å². The first kappa shape index (κ1) is 22.1. The number of aromatic carboxylic acids is 1. The smallest absolute Gasteiger partial charge is 0.339 e. The summed E-state index contributed by atoms with van der Waals surface area (Å²) < 4.78 is 28.0. The zero-order chi connectivity index (χ0) is 21.7. The van der Waals surface area contributed by atoms with E-state index in [2.05, 4.69) is 23.6 Å². The molecule has 2 heterocycles. The molecule has 0 amide bonds. The molecule has 1 aromatic heterocycles. The van der Waals surface area contributed by atoms with Crippen molar-refractivity contribution in [2.24, 2.45) is 5.92 Å². The van der Waals surface area contributed by atoms with Crippen LogP contribution in [0.2, 0.25) is 0 Å². The number of pyridine rings is 1. The van der Waals surface area contributed by atoms with Gasteiger partial charge in [-0.1, -0.05) is 38.8 Å². The number of carboxylic acid groups (broad SMARTS) is 1. The highest BCUT2D eigenvalue weighted by Gasteiger charge is 2.21. The van der Waals surface area contributed by atoms with E-state index in [0.717, 1.165) is 50.8 Å². The Labute approximate surface area is 178 Å². The van der Waals surface area contributed by atoms with Crippen molar-refractivity contribution in [2.45, 2.75) is 50.8 Å². The summed E-state index contributed by atoms with van der Waals surface area (Å²) in [5.74, 6) is -0.250. The first-order valence-corrected chi connectivity index (χ1v) is 11.8. The third-order valence-electron chi connectivity index (χ3n) is 5.13. The fourth-order valence-electron chi connectivity index (χ4n) is 3.70. The normalized spacial score (nSPS) is 15.1. The van der Waals surface area contributed by atoms with E-state index in [1.165, 1.54) is 12.3 Å². The molecule has 1 aliphatic heterocycles. The molecule has 0 unspecified atom stereocenters. The van der Waals surface area contributed by atoms with Gasteiger partial charge in [-0.25, -0.2) is 18.2 Å². The maximum absolute atomic E-state index is 12.8. The molecule has 0 bridgehead atoms. The van der Waals surface area contributed by atoms with Crippen molar-refractivity contribution >= 4 is 27.5 Å². The molecule has 30 heavy (non-hydrogen) atoms. The van der Waals surface area contributed by atoms with E-state index in [-0.39, 0.29) is 16.1 Å². The van der Waals surface area contributed by atoms with Crippen LogP contribution in [0.1, 0.15) is 55.5 Å². The second kappa shape index (κ2) is 9.47. The Hall–Kier alpha value is -2.61. The van der Waals surface area contributed by atoms with E-state index in [9.17, 15) is 18.3 Å². The molecule has 2 N–H and O–H groups in total. The lowest BCUT2D eigenvalue weighted by Crippen LogP contribution is -2.27. The van der Waals surface area contributed by atoms with Gasteiger partial charge in [-0.3, -0.25) is 4.72 Å². The molecule has 0 atom stereocenters. The predicted molar refractivity (Wildman–Crippen MR) is 118 cm³/mol. The number of hydrogen-bond donors (Lipinski definition) is 2. The molecule has 3 rings (SSSR count). The lowest BCUT2D eigenvalue weighted by Gasteiger charge is -2.23. The van der Waals surface area contributed by atoms with Crippen LogP contribution in [-0.4, -0.2) is 37.6 Å². The molecule has 8 heteroatoms. The highest BCUT2D eigenvalue weighted by molar-refractivity contribution is 7.92. The van der Waals surface area contributed by atoms with Crippen LogP contribution in [0.4, 0.5) is 11.5 Å². The van der Waals surface area contributed by atoms with Crippen LogP contribution in [0.5, 0.6) is 0 Å². The Morgan fingerprint density at radius 3 is 2.33 bits per heavy atom. The summed E-state index contributed by atoms with van der Waals surface area (Å²) in [7, 11) is -3.84. The molecule has 2 aromatic rings. The second-order valence-electron chi connectivity index (χ2n) is 8.15. The largest absolute Gasteiger partial charge is 0.478 e. The molecule has 0 spiro atoms. The van der Waals surface area contributed by atoms with Crippen molar-refractivity contribution in [1.82, 2.24) is 4.98 Å². The molecule has 1 saturated heterocycles. The SMILES string of the molecule is CC(C)Cc1ccc(S(=O)(=O)Nc2cnc(N3CCCCCC3)c(C(=O)O)c2)cc1. The molecule has 7 nitrogen and oxygen atoms in total. The highest BCUT2D eigenvalue weighted by atomic mass is 32.2. The van der Waals surface area contributed by atoms with Crippen LogP contribution in [0.25, 0.3) is 0 Å². The number of aromatic nitrogens is 1. The fraction of sp³-hybridized carbons (Fsp3) is 0.455. The van der Waals surface area contributed by atoms with Gasteiger partial charge in [-0.15, -0.1) is 0 Å². The third-order valence-corrected chi connectivity index (χ3v) is 6.53. The number of carbonyl (C=O) groups is 1. The van der Waals surface area contributed by atoms with Gasteiger partial charge < -0.3 is 10.0 Å². The fourth-order valence-corrected chi connectivity index (χ4v) is 4.73. The summed E-state index contributed by atoms with van der Waals surface area (Å²) >= 11 is 0. The summed E-state index contributed by atoms with van der Waals surface area (Å²) in [6.07, 6.45) is 6.47. The maximum Gasteiger partial charge on any atom is 0.339 e. The van der Waals surface area contributed by atoms with Crippen LogP contribution in [0.3, 0.4) is 0 Å². The Balaban J connectivity index is 1.83. The van der Waals surface area contributed by atoms with Gasteiger partial charge in [0.2, 0.25) is 0 Å². The molecule has 1 aromatic carbocycles. The van der Waals surface area contributed by atoms with Gasteiger partial charge >= 0.3 is 5.97 Å². The van der Waals surface area contributed by atoms with Crippen molar-refractivity contribution in [3.05, 3.63) is 47.7 Å². The van der Waals surface area contributed by atoms with Gasteiger partial charge in [0.05, 0.1) is 16.8 Å². The van der Waals surface area contributed by atoms with Crippen molar-refractivity contribution in [1.29, 1.82) is 0 Å². The average Bonchev–Trinajstić information content (AvgIpc) is 2.97. The monoisotopic (exact) mass is 431 g/mol. The molecule has 162 valence electrons. The molecular formula is C22H29N3O4S. The summed E-state index contributed by atoms with van der Waals surface area (Å²) in [4.78, 5) is 18.2. The highest BCUT2D eigenvalue weighted by Crippen LogP contribution is 2.26. The first-order chi connectivity index (χ1) is 14.3. The topological polar surface area (TPSA) is 99.6 Å². The van der Waals surface area contributed by atoms with Gasteiger partial charge in [0.25, 0.3) is 10.0 Å². The summed E-state index contributed by atoms with van der Waals surface area (Å²) in [6.45, 7) is 5.71. The molecule has 1 aliphatic rings. The zero-order valence-corrected chi connectivity index (χ0v) is 18.3. The van der Waals surface area contributed by atoms with Crippen molar-refractivity contribution in [3.8, 4) is 0 Å². The van der Waals surface area contributed by atoms with Crippen LogP contribution in [0, 0.1) is 5.92 Å². The number of anilines is 2. The van der Waals surface area contributed by atoms with Crippen LogP contribution >= 0.6 is 0 Å². The van der Waals surface area contributed by atoms with Crippen molar-refractivity contribution in [3.63, 3.8) is 0 Å². The Morgan fingerprint density at radius 1 is 1.13 bits per heavy atom. The van der Waals surface area contributed by atoms with E-state index < -0.39 is 16.0 Å². The van der Waals surface area contributed by atoms with Gasteiger partial charge in [-0.2, -0.15) is 0 Å². The van der Waals surface area contributed by atoms with Crippen LogP contribution in [0.15, 0.2) is 41.4 Å². The summed E-state index contributed by atoms with van der Waals surface area (Å²) in [5.41, 5.74) is 1.21. The van der Waals surface area contributed by atoms with Crippen LogP contribution < -0.4 is 9.62 Å². The summed E-state index contributed by atoms with van der Waals surface area (Å²) in [5, 5.41) is 9.66. The summed E-state index contributed by atoms with van der Waals surface area (Å²) in [6, 6.07) is 8.09. The molecule has 0 aliphatic carbocycles. The van der Waals surface area contributed by atoms with Gasteiger partial charge in [0.1, 0.15) is 11.4 Å². The lowest BCUT2D eigenvalue weighted by molar-refractivity contribution is 0.0697. The van der Waals surface area contributed by atoms with Gasteiger partial charge in [0, 0.05) is 13.1 Å². The van der Waals surface area contributed by atoms with E-state index in [0.29, 0.717) is 11.7 Å². The van der Waals surface area contributed by atoms with E-state index in [1.54, 1.807) is 24.3 Å². The number of nitrogens with one attached hydrogen (secondary N) is 1. The van der Waals surface area contributed by atoms with E-state index in [4.69, 9.17) is 0 Å². The van der Waals surface area contributed by atoms with E-state index >= 15 is 0 Å². The first-order valence-electron chi connectivity index (χ1n) is 10.4. The van der Waals surface area contributed by atoms with Crippen LogP contribution in [-0.2, 0) is 16.4 Å². The Bertz CT molecular complexity index is 980. The molecule has 0 radical (unpaired) electrons. The molecular weight excluding hydrogens is 402 g/mol. The van der Waals surface area contributed by atoms with E-state index in [1.807, 2.05) is 4.90 Å². The quantitative estimate of drug-likeness (QED) is 0.683. The second-order valence-corrected chi connectivity index (χ2v) is 9.83. The number of nitrogens with zero attached hydrogens (tertiary/aromatic N) is 2. The van der Waals surface area contributed by atoms with Crippen molar-refractivity contribution < 1.29 is 18.3 Å². The number of hydrogen-bond acceptors (Lipinski definition) is 5. The minimum atomic E-state index is -3.84. The number of carboxylic acids is 1. The Morgan fingerprint density at radius 2 is 1.77 bits per heavy atom. The molecule has 1 fully saturated rings. The number of benzene rings is 1. The third kappa shape index (κ3) is 5.50.